The molecule has 0 aliphatic rings. The number of amides is 1. The molecule has 0 atom stereocenters. The first-order valence-electron chi connectivity index (χ1n) is 4.10. The molecule has 2 rings (SSSR count). The topological polar surface area (TPSA) is 54.9 Å². The van der Waals surface area contributed by atoms with Crippen molar-refractivity contribution in [1.82, 2.24) is 9.36 Å². The van der Waals surface area contributed by atoms with Gasteiger partial charge in [0, 0.05) is 15.1 Å². The van der Waals surface area contributed by atoms with Gasteiger partial charge in [0.25, 0.3) is 5.91 Å². The number of hydrogen-bond donors (Lipinski definition) is 1. The van der Waals surface area contributed by atoms with Crippen molar-refractivity contribution in [3.05, 3.63) is 39.7 Å². The van der Waals surface area contributed by atoms with Gasteiger partial charge in [-0.05, 0) is 34.7 Å². The van der Waals surface area contributed by atoms with Gasteiger partial charge in [0.05, 0.1) is 5.56 Å². The molecule has 0 spiro atoms. The number of benzene rings is 1. The summed E-state index contributed by atoms with van der Waals surface area (Å²) in [5.41, 5.74) is 0.647. The minimum Gasteiger partial charge on any atom is -0.297 e. The summed E-state index contributed by atoms with van der Waals surface area (Å²) < 4.78 is 4.72. The van der Waals surface area contributed by atoms with Gasteiger partial charge < -0.3 is 0 Å². The Balaban J connectivity index is 2.19. The van der Waals surface area contributed by atoms with Crippen LogP contribution in [-0.2, 0) is 0 Å². The highest BCUT2D eigenvalue weighted by molar-refractivity contribution is 14.1. The zero-order chi connectivity index (χ0) is 10.7. The molecule has 0 bridgehead atoms. The second kappa shape index (κ2) is 4.67. The minimum absolute atomic E-state index is 0.156. The monoisotopic (exact) mass is 331 g/mol. The molecule has 6 heteroatoms. The Hall–Kier alpha value is -1.02. The maximum atomic E-state index is 11.8. The summed E-state index contributed by atoms with van der Waals surface area (Å²) in [4.78, 5) is 15.6. The van der Waals surface area contributed by atoms with Gasteiger partial charge in [-0.1, -0.05) is 12.1 Å². The molecule has 0 fully saturated rings. The van der Waals surface area contributed by atoms with Crippen LogP contribution in [0.1, 0.15) is 10.4 Å². The molecule has 2 aromatic rings. The Morgan fingerprint density at radius 3 is 2.87 bits per heavy atom. The number of nitrogens with one attached hydrogen (secondary N) is 1. The van der Waals surface area contributed by atoms with Crippen molar-refractivity contribution in [3.63, 3.8) is 0 Å². The molecule has 1 amide bonds. The highest BCUT2D eigenvalue weighted by Gasteiger charge is 2.10. The van der Waals surface area contributed by atoms with Crippen molar-refractivity contribution in [2.45, 2.75) is 0 Å². The number of rotatable bonds is 2. The van der Waals surface area contributed by atoms with E-state index in [1.807, 2.05) is 18.2 Å². The maximum Gasteiger partial charge on any atom is 0.258 e. The SMILES string of the molecule is O=C(Nc1ncns1)c1ccccc1I. The van der Waals surface area contributed by atoms with E-state index in [9.17, 15) is 4.79 Å². The summed E-state index contributed by atoms with van der Waals surface area (Å²) in [6.07, 6.45) is 1.41. The second-order valence-electron chi connectivity index (χ2n) is 2.68. The lowest BCUT2D eigenvalue weighted by molar-refractivity contribution is 0.102. The van der Waals surface area contributed by atoms with E-state index in [1.54, 1.807) is 6.07 Å². The molecule has 76 valence electrons. The molecule has 4 nitrogen and oxygen atoms in total. The van der Waals surface area contributed by atoms with E-state index in [0.29, 0.717) is 10.7 Å². The van der Waals surface area contributed by atoms with E-state index in [-0.39, 0.29) is 5.91 Å². The molecule has 0 aliphatic heterocycles. The third-order valence-corrected chi connectivity index (χ3v) is 3.22. The number of carbonyl (C=O) groups excluding carboxylic acids is 1. The quantitative estimate of drug-likeness (QED) is 0.860. The highest BCUT2D eigenvalue weighted by Crippen LogP contribution is 2.14. The summed E-state index contributed by atoms with van der Waals surface area (Å²) >= 11 is 3.28. The Morgan fingerprint density at radius 2 is 2.20 bits per heavy atom. The summed E-state index contributed by atoms with van der Waals surface area (Å²) in [5, 5.41) is 3.19. The second-order valence-corrected chi connectivity index (χ2v) is 4.62. The molecule has 0 unspecified atom stereocenters. The number of anilines is 1. The molecule has 1 heterocycles. The van der Waals surface area contributed by atoms with Crippen molar-refractivity contribution in [3.8, 4) is 0 Å². The number of hydrogen-bond acceptors (Lipinski definition) is 4. The fourth-order valence-corrected chi connectivity index (χ4v) is 2.10. The van der Waals surface area contributed by atoms with Gasteiger partial charge >= 0.3 is 0 Å². The average molecular weight is 331 g/mol. The summed E-state index contributed by atoms with van der Waals surface area (Å²) in [5.74, 6) is -0.156. The van der Waals surface area contributed by atoms with Crippen LogP contribution in [0.15, 0.2) is 30.6 Å². The van der Waals surface area contributed by atoms with Crippen molar-refractivity contribution in [2.75, 3.05) is 5.32 Å². The summed E-state index contributed by atoms with van der Waals surface area (Å²) in [6, 6.07) is 7.38. The van der Waals surface area contributed by atoms with Crippen LogP contribution in [0.4, 0.5) is 5.13 Å². The largest absolute Gasteiger partial charge is 0.297 e. The Bertz CT molecular complexity index is 472. The van der Waals surface area contributed by atoms with E-state index in [4.69, 9.17) is 0 Å². The zero-order valence-corrected chi connectivity index (χ0v) is 10.4. The minimum atomic E-state index is -0.156. The van der Waals surface area contributed by atoms with Crippen molar-refractivity contribution < 1.29 is 4.79 Å². The maximum absolute atomic E-state index is 11.8. The summed E-state index contributed by atoms with van der Waals surface area (Å²) in [7, 11) is 0. The van der Waals surface area contributed by atoms with Crippen LogP contribution in [0.2, 0.25) is 0 Å². The first kappa shape index (κ1) is 10.5. The van der Waals surface area contributed by atoms with Crippen LogP contribution >= 0.6 is 34.1 Å². The lowest BCUT2D eigenvalue weighted by atomic mass is 10.2. The molecule has 1 aromatic heterocycles. The molecular weight excluding hydrogens is 325 g/mol. The lowest BCUT2D eigenvalue weighted by Gasteiger charge is -2.02. The molecule has 0 saturated heterocycles. The van der Waals surface area contributed by atoms with Crippen molar-refractivity contribution >= 4 is 45.2 Å². The zero-order valence-electron chi connectivity index (χ0n) is 7.48. The van der Waals surface area contributed by atoms with Crippen molar-refractivity contribution in [1.29, 1.82) is 0 Å². The Labute approximate surface area is 104 Å². The molecule has 0 aliphatic carbocycles. The molecular formula is C9H6IN3OS. The van der Waals surface area contributed by atoms with Crippen molar-refractivity contribution in [2.24, 2.45) is 0 Å². The van der Waals surface area contributed by atoms with Crippen LogP contribution in [0, 0.1) is 3.57 Å². The van der Waals surface area contributed by atoms with Gasteiger partial charge in [-0.25, -0.2) is 4.98 Å². The number of carbonyl (C=O) groups is 1. The van der Waals surface area contributed by atoms with E-state index in [2.05, 4.69) is 37.3 Å². The van der Waals surface area contributed by atoms with Gasteiger partial charge in [0.1, 0.15) is 6.33 Å². The summed E-state index contributed by atoms with van der Waals surface area (Å²) in [6.45, 7) is 0. The third-order valence-electron chi connectivity index (χ3n) is 1.70. The van der Waals surface area contributed by atoms with Crippen LogP contribution in [0.25, 0.3) is 0 Å². The van der Waals surface area contributed by atoms with Crippen LogP contribution < -0.4 is 5.32 Å². The van der Waals surface area contributed by atoms with Gasteiger partial charge in [0.2, 0.25) is 5.13 Å². The van der Waals surface area contributed by atoms with Gasteiger partial charge in [-0.2, -0.15) is 4.37 Å². The number of nitrogens with zero attached hydrogens (tertiary/aromatic N) is 2. The first-order valence-corrected chi connectivity index (χ1v) is 5.95. The van der Waals surface area contributed by atoms with Crippen LogP contribution in [0.5, 0.6) is 0 Å². The smallest absolute Gasteiger partial charge is 0.258 e. The number of halogens is 1. The number of aromatic nitrogens is 2. The Morgan fingerprint density at radius 1 is 1.40 bits per heavy atom. The molecule has 15 heavy (non-hydrogen) atoms. The fraction of sp³-hybridized carbons (Fsp3) is 0. The molecule has 0 radical (unpaired) electrons. The fourth-order valence-electron chi connectivity index (χ4n) is 1.04. The predicted molar refractivity (Wildman–Crippen MR) is 67.0 cm³/mol. The van der Waals surface area contributed by atoms with Crippen LogP contribution in [-0.4, -0.2) is 15.3 Å². The van der Waals surface area contributed by atoms with E-state index >= 15 is 0 Å². The van der Waals surface area contributed by atoms with E-state index in [1.165, 1.54) is 6.33 Å². The van der Waals surface area contributed by atoms with Crippen LogP contribution in [0.3, 0.4) is 0 Å². The molecule has 1 N–H and O–H groups in total. The standard InChI is InChI=1S/C9H6IN3OS/c10-7-4-2-1-3-6(7)8(14)13-9-11-5-12-15-9/h1-5H,(H,11,12,13,14). The highest BCUT2D eigenvalue weighted by atomic mass is 127. The average Bonchev–Trinajstić information content (AvgIpc) is 2.71. The third kappa shape index (κ3) is 2.51. The first-order chi connectivity index (χ1) is 7.27. The predicted octanol–water partition coefficient (Wildman–Crippen LogP) is 2.40. The normalized spacial score (nSPS) is 9.93. The molecule has 1 aromatic carbocycles. The van der Waals surface area contributed by atoms with Gasteiger partial charge in [0.15, 0.2) is 0 Å². The van der Waals surface area contributed by atoms with E-state index in [0.717, 1.165) is 15.1 Å². The van der Waals surface area contributed by atoms with E-state index < -0.39 is 0 Å². The lowest BCUT2D eigenvalue weighted by Crippen LogP contribution is -2.12. The van der Waals surface area contributed by atoms with Gasteiger partial charge in [-0.3, -0.25) is 10.1 Å². The Kier molecular flexibility index (Phi) is 3.27. The van der Waals surface area contributed by atoms with Gasteiger partial charge in [-0.15, -0.1) is 0 Å². The molecule has 0 saturated carbocycles.